The fourth-order valence-electron chi connectivity index (χ4n) is 0.520. The monoisotopic (exact) mass is 128 g/mol. The van der Waals surface area contributed by atoms with E-state index in [0.29, 0.717) is 6.54 Å². The van der Waals surface area contributed by atoms with E-state index < -0.39 is 0 Å². The molecule has 0 saturated heterocycles. The first-order valence-corrected chi connectivity index (χ1v) is 3.06. The molecule has 0 saturated carbocycles. The second-order valence-corrected chi connectivity index (χ2v) is 1.85. The lowest BCUT2D eigenvalue weighted by atomic mass is 10.1. The Bertz CT molecular complexity index is 97.7. The molecule has 0 bridgehead atoms. The zero-order chi connectivity index (χ0) is 7.11. The summed E-state index contributed by atoms with van der Waals surface area (Å²) in [4.78, 5) is 0. The lowest BCUT2D eigenvalue weighted by Gasteiger charge is -2.03. The summed E-state index contributed by atoms with van der Waals surface area (Å²) < 4.78 is 0. The Hall–Kier alpha value is -0.590. The molecule has 0 aromatic rings. The van der Waals surface area contributed by atoms with Crippen molar-refractivity contribution in [2.24, 2.45) is 5.92 Å². The third-order valence-electron chi connectivity index (χ3n) is 1.18. The first-order valence-electron chi connectivity index (χ1n) is 3.06. The number of hydrogen-bond donors (Lipinski definition) is 2. The van der Waals surface area contributed by atoms with Gasteiger partial charge in [0.1, 0.15) is 0 Å². The van der Waals surface area contributed by atoms with E-state index in [9.17, 15) is 0 Å². The Labute approximate surface area is 55.3 Å². The van der Waals surface area contributed by atoms with E-state index >= 15 is 0 Å². The van der Waals surface area contributed by atoms with Crippen LogP contribution in [-0.2, 0) is 0 Å². The molecule has 0 radical (unpaired) electrons. The molecule has 0 aliphatic rings. The SMILES string of the molecule is CCC(C#N)CNCO. The van der Waals surface area contributed by atoms with Gasteiger partial charge in [-0.2, -0.15) is 5.26 Å². The molecule has 2 N–H and O–H groups in total. The maximum absolute atomic E-state index is 8.38. The predicted octanol–water partition coefficient (Wildman–Crippen LogP) is 0.0756. The molecule has 0 aromatic carbocycles. The first-order chi connectivity index (χ1) is 4.35. The fraction of sp³-hybridized carbons (Fsp3) is 0.833. The number of hydrogen-bond acceptors (Lipinski definition) is 3. The minimum atomic E-state index is -0.0435. The van der Waals surface area contributed by atoms with Crippen LogP contribution in [-0.4, -0.2) is 18.4 Å². The van der Waals surface area contributed by atoms with Crippen LogP contribution in [0.3, 0.4) is 0 Å². The van der Waals surface area contributed by atoms with Crippen molar-refractivity contribution >= 4 is 0 Å². The van der Waals surface area contributed by atoms with Crippen LogP contribution in [0.2, 0.25) is 0 Å². The summed E-state index contributed by atoms with van der Waals surface area (Å²) in [5.74, 6) is 0.0390. The number of nitrogens with one attached hydrogen (secondary N) is 1. The third-order valence-corrected chi connectivity index (χ3v) is 1.18. The molecule has 0 aliphatic heterocycles. The summed E-state index contributed by atoms with van der Waals surface area (Å²) in [5.41, 5.74) is 0. The van der Waals surface area contributed by atoms with Crippen molar-refractivity contribution in [3.8, 4) is 6.07 Å². The topological polar surface area (TPSA) is 56.0 Å². The Morgan fingerprint density at radius 1 is 1.78 bits per heavy atom. The van der Waals surface area contributed by atoms with Crippen LogP contribution in [0.5, 0.6) is 0 Å². The van der Waals surface area contributed by atoms with Crippen molar-refractivity contribution in [3.63, 3.8) is 0 Å². The second kappa shape index (κ2) is 5.54. The largest absolute Gasteiger partial charge is 0.381 e. The van der Waals surface area contributed by atoms with E-state index in [-0.39, 0.29) is 12.6 Å². The van der Waals surface area contributed by atoms with Crippen LogP contribution >= 0.6 is 0 Å². The van der Waals surface area contributed by atoms with Crippen molar-refractivity contribution in [2.45, 2.75) is 13.3 Å². The minimum Gasteiger partial charge on any atom is -0.381 e. The van der Waals surface area contributed by atoms with Gasteiger partial charge < -0.3 is 5.11 Å². The lowest BCUT2D eigenvalue weighted by molar-refractivity contribution is 0.255. The average molecular weight is 128 g/mol. The van der Waals surface area contributed by atoms with Gasteiger partial charge in [-0.3, -0.25) is 5.32 Å². The molecule has 0 amide bonds. The van der Waals surface area contributed by atoms with Gasteiger partial charge in [0.15, 0.2) is 0 Å². The van der Waals surface area contributed by atoms with E-state index in [1.54, 1.807) is 0 Å². The van der Waals surface area contributed by atoms with Gasteiger partial charge in [-0.1, -0.05) is 6.92 Å². The molecule has 0 heterocycles. The fourth-order valence-corrected chi connectivity index (χ4v) is 0.520. The number of aliphatic hydroxyl groups is 1. The van der Waals surface area contributed by atoms with E-state index in [1.165, 1.54) is 0 Å². The van der Waals surface area contributed by atoms with Gasteiger partial charge >= 0.3 is 0 Å². The van der Waals surface area contributed by atoms with Gasteiger partial charge in [0.2, 0.25) is 0 Å². The smallest absolute Gasteiger partial charge is 0.0931 e. The van der Waals surface area contributed by atoms with E-state index in [0.717, 1.165) is 6.42 Å². The minimum absolute atomic E-state index is 0.0390. The normalized spacial score (nSPS) is 12.6. The zero-order valence-electron chi connectivity index (χ0n) is 5.59. The molecule has 1 unspecified atom stereocenters. The highest BCUT2D eigenvalue weighted by Crippen LogP contribution is 1.96. The van der Waals surface area contributed by atoms with Crippen LogP contribution in [0, 0.1) is 17.2 Å². The molecule has 1 atom stereocenters. The van der Waals surface area contributed by atoms with Gasteiger partial charge in [0, 0.05) is 6.54 Å². The van der Waals surface area contributed by atoms with Crippen molar-refractivity contribution in [1.29, 1.82) is 5.26 Å². The van der Waals surface area contributed by atoms with Crippen molar-refractivity contribution < 1.29 is 5.11 Å². The maximum atomic E-state index is 8.38. The highest BCUT2D eigenvalue weighted by atomic mass is 16.3. The summed E-state index contributed by atoms with van der Waals surface area (Å²) in [6.07, 6.45) is 0.837. The molecular formula is C6H12N2O. The quantitative estimate of drug-likeness (QED) is 0.527. The molecule has 52 valence electrons. The second-order valence-electron chi connectivity index (χ2n) is 1.85. The third kappa shape index (κ3) is 3.95. The summed E-state index contributed by atoms with van der Waals surface area (Å²) >= 11 is 0. The highest BCUT2D eigenvalue weighted by molar-refractivity contribution is 4.82. The molecule has 0 rings (SSSR count). The molecule has 0 fully saturated rings. The van der Waals surface area contributed by atoms with Gasteiger partial charge in [-0.15, -0.1) is 0 Å². The van der Waals surface area contributed by atoms with Crippen LogP contribution in [0.25, 0.3) is 0 Å². The van der Waals surface area contributed by atoms with Gasteiger partial charge in [-0.05, 0) is 6.42 Å². The van der Waals surface area contributed by atoms with E-state index in [4.69, 9.17) is 10.4 Å². The lowest BCUT2D eigenvalue weighted by Crippen LogP contribution is -2.22. The highest BCUT2D eigenvalue weighted by Gasteiger charge is 2.00. The van der Waals surface area contributed by atoms with Crippen LogP contribution in [0.1, 0.15) is 13.3 Å². The molecule has 0 spiro atoms. The van der Waals surface area contributed by atoms with Gasteiger partial charge in [0.25, 0.3) is 0 Å². The summed E-state index contributed by atoms with van der Waals surface area (Å²) in [6, 6.07) is 2.11. The zero-order valence-corrected chi connectivity index (χ0v) is 5.59. The number of nitrogens with zero attached hydrogens (tertiary/aromatic N) is 1. The predicted molar refractivity (Wildman–Crippen MR) is 34.5 cm³/mol. The maximum Gasteiger partial charge on any atom is 0.0931 e. The van der Waals surface area contributed by atoms with Gasteiger partial charge in [0.05, 0.1) is 18.7 Å². The molecule has 3 heteroatoms. The summed E-state index contributed by atoms with van der Waals surface area (Å²) in [7, 11) is 0. The van der Waals surface area contributed by atoms with Crippen LogP contribution < -0.4 is 5.32 Å². The summed E-state index contributed by atoms with van der Waals surface area (Å²) in [6.45, 7) is 2.49. The summed E-state index contributed by atoms with van der Waals surface area (Å²) in [5, 5.41) is 19.3. The molecular weight excluding hydrogens is 116 g/mol. The van der Waals surface area contributed by atoms with Crippen LogP contribution in [0.15, 0.2) is 0 Å². The Balaban J connectivity index is 3.23. The van der Waals surface area contributed by atoms with Crippen LogP contribution in [0.4, 0.5) is 0 Å². The number of rotatable bonds is 4. The molecule has 0 aromatic heterocycles. The molecule has 3 nitrogen and oxygen atoms in total. The number of aliphatic hydroxyl groups excluding tert-OH is 1. The van der Waals surface area contributed by atoms with Gasteiger partial charge in [-0.25, -0.2) is 0 Å². The molecule has 9 heavy (non-hydrogen) atoms. The Morgan fingerprint density at radius 3 is 2.78 bits per heavy atom. The number of nitriles is 1. The van der Waals surface area contributed by atoms with Crippen molar-refractivity contribution in [3.05, 3.63) is 0 Å². The van der Waals surface area contributed by atoms with E-state index in [2.05, 4.69) is 11.4 Å². The average Bonchev–Trinajstić information content (AvgIpc) is 1.91. The van der Waals surface area contributed by atoms with E-state index in [1.807, 2.05) is 6.92 Å². The Kier molecular flexibility index (Phi) is 5.18. The molecule has 0 aliphatic carbocycles. The van der Waals surface area contributed by atoms with Crippen molar-refractivity contribution in [2.75, 3.05) is 13.3 Å². The standard InChI is InChI=1S/C6H12N2O/c1-2-6(3-7)4-8-5-9/h6,8-9H,2,4-5H2,1H3. The van der Waals surface area contributed by atoms with Crippen molar-refractivity contribution in [1.82, 2.24) is 5.32 Å². The first kappa shape index (κ1) is 8.41. The Morgan fingerprint density at radius 2 is 2.44 bits per heavy atom.